The van der Waals surface area contributed by atoms with Gasteiger partial charge in [-0.1, -0.05) is 59.6 Å². The smallest absolute Gasteiger partial charge is 0.252 e. The molecule has 240 valence electrons. The van der Waals surface area contributed by atoms with E-state index < -0.39 is 0 Å². The summed E-state index contributed by atoms with van der Waals surface area (Å²) in [7, 11) is 0. The van der Waals surface area contributed by atoms with Gasteiger partial charge in [-0.15, -0.1) is 11.8 Å². The standard InChI is InChI=1S/C33H36Cl2N8O2S/c34-26-8-4-9-27(35)32(26)46-21-17-25-11-13-29(45-20-16-23-6-2-1-3-7-23)28(41-25)12-15-30(42-36)38-18-5-19-39-33(44)24-10-14-31(43-37)40-22-24/h1-4,6-15,22H,5,16-21,36-37H2,(H,38,42)(H,39,44)(H,40,43)/b15-12+. The number of hydrogen-bond acceptors (Lipinski definition) is 9. The number of amides is 1. The van der Waals surface area contributed by atoms with Crippen molar-refractivity contribution in [1.29, 1.82) is 0 Å². The van der Waals surface area contributed by atoms with Crippen LogP contribution in [0.25, 0.3) is 6.08 Å². The van der Waals surface area contributed by atoms with Crippen molar-refractivity contribution in [2.45, 2.75) is 24.2 Å². The molecule has 0 aliphatic heterocycles. The maximum Gasteiger partial charge on any atom is 0.252 e. The Hall–Kier alpha value is -4.13. The van der Waals surface area contributed by atoms with Crippen LogP contribution in [-0.2, 0) is 12.8 Å². The van der Waals surface area contributed by atoms with E-state index in [0.29, 0.717) is 71.2 Å². The van der Waals surface area contributed by atoms with E-state index >= 15 is 0 Å². The third-order valence-electron chi connectivity index (χ3n) is 6.58. The summed E-state index contributed by atoms with van der Waals surface area (Å²) in [6, 6.07) is 22.8. The van der Waals surface area contributed by atoms with Gasteiger partial charge in [-0.2, -0.15) is 0 Å². The van der Waals surface area contributed by atoms with E-state index in [1.165, 1.54) is 11.8 Å². The van der Waals surface area contributed by atoms with Crippen molar-refractivity contribution >= 4 is 58.6 Å². The van der Waals surface area contributed by atoms with E-state index in [4.69, 9.17) is 44.6 Å². The lowest BCUT2D eigenvalue weighted by atomic mass is 10.2. The molecule has 0 aliphatic carbocycles. The van der Waals surface area contributed by atoms with Crippen LogP contribution in [0.1, 0.15) is 33.7 Å². The highest BCUT2D eigenvalue weighted by Crippen LogP contribution is 2.34. The first kappa shape index (κ1) is 34.7. The second-order valence-corrected chi connectivity index (χ2v) is 11.8. The first-order chi connectivity index (χ1) is 22.5. The predicted octanol–water partition coefficient (Wildman–Crippen LogP) is 5.72. The summed E-state index contributed by atoms with van der Waals surface area (Å²) in [5, 5.41) is 4.12. The van der Waals surface area contributed by atoms with Crippen LogP contribution in [0.5, 0.6) is 5.75 Å². The SMILES string of the molecule is NNC(/C=C/c1nc(CCSc2c(Cl)cccc2Cl)ccc1OCCc1ccccc1)=NCCCNC(=O)c1ccc(NN)nc1. The van der Waals surface area contributed by atoms with Crippen molar-refractivity contribution in [3.05, 3.63) is 118 Å². The van der Waals surface area contributed by atoms with Gasteiger partial charge in [0, 0.05) is 42.0 Å². The van der Waals surface area contributed by atoms with Gasteiger partial charge in [0.25, 0.3) is 5.91 Å². The Morgan fingerprint density at radius 2 is 1.78 bits per heavy atom. The Kier molecular flexibility index (Phi) is 14.2. The fourth-order valence-corrected chi connectivity index (χ4v) is 5.84. The molecule has 0 saturated heterocycles. The maximum absolute atomic E-state index is 12.3. The minimum absolute atomic E-state index is 0.226. The Balaban J connectivity index is 1.37. The second kappa shape index (κ2) is 18.7. The molecule has 0 spiro atoms. The topological polar surface area (TPSA) is 153 Å². The number of pyridine rings is 2. The molecule has 46 heavy (non-hydrogen) atoms. The fourth-order valence-electron chi connectivity index (χ4n) is 4.19. The quantitative estimate of drug-likeness (QED) is 0.0250. The van der Waals surface area contributed by atoms with E-state index in [1.807, 2.05) is 54.6 Å². The number of thioether (sulfide) groups is 1. The number of halogens is 2. The lowest BCUT2D eigenvalue weighted by molar-refractivity contribution is 0.0953. The molecule has 0 atom stereocenters. The minimum atomic E-state index is -0.226. The number of hydrazine groups is 2. The number of aryl methyl sites for hydroxylation is 1. The highest BCUT2D eigenvalue weighted by Gasteiger charge is 2.10. The molecule has 0 aliphatic rings. The van der Waals surface area contributed by atoms with Crippen LogP contribution >= 0.6 is 35.0 Å². The molecule has 0 radical (unpaired) electrons. The fraction of sp³-hybridized carbons (Fsp3) is 0.212. The van der Waals surface area contributed by atoms with Gasteiger partial charge in [0.2, 0.25) is 0 Å². The Morgan fingerprint density at radius 1 is 0.978 bits per heavy atom. The van der Waals surface area contributed by atoms with Gasteiger partial charge in [-0.05, 0) is 67.0 Å². The first-order valence-corrected chi connectivity index (χ1v) is 16.3. The molecule has 0 fully saturated rings. The number of ether oxygens (including phenoxy) is 1. The average molecular weight is 680 g/mol. The molecule has 10 nitrogen and oxygen atoms in total. The second-order valence-electron chi connectivity index (χ2n) is 9.85. The van der Waals surface area contributed by atoms with Gasteiger partial charge in [0.1, 0.15) is 23.1 Å². The monoisotopic (exact) mass is 678 g/mol. The molecular formula is C33H36Cl2N8O2S. The summed E-state index contributed by atoms with van der Waals surface area (Å²) >= 11 is 14.3. The molecule has 4 aromatic rings. The minimum Gasteiger partial charge on any atom is -0.491 e. The normalized spacial score (nSPS) is 11.4. The number of nitrogens with two attached hydrogens (primary N) is 2. The number of nitrogens with zero attached hydrogens (tertiary/aromatic N) is 3. The number of aromatic nitrogens is 2. The van der Waals surface area contributed by atoms with E-state index in [9.17, 15) is 4.79 Å². The number of nitrogen functional groups attached to an aromatic ring is 1. The molecule has 4 rings (SSSR count). The van der Waals surface area contributed by atoms with Gasteiger partial charge in [-0.3, -0.25) is 9.79 Å². The molecule has 1 amide bonds. The van der Waals surface area contributed by atoms with Crippen LogP contribution in [0.3, 0.4) is 0 Å². The van der Waals surface area contributed by atoms with E-state index in [0.717, 1.165) is 22.8 Å². The zero-order valence-electron chi connectivity index (χ0n) is 25.1. The van der Waals surface area contributed by atoms with Gasteiger partial charge in [-0.25, -0.2) is 21.7 Å². The van der Waals surface area contributed by atoms with Crippen molar-refractivity contribution in [2.24, 2.45) is 16.7 Å². The molecule has 0 bridgehead atoms. The third-order valence-corrected chi connectivity index (χ3v) is 8.57. The van der Waals surface area contributed by atoms with Gasteiger partial charge in [0.05, 0.1) is 22.2 Å². The van der Waals surface area contributed by atoms with Crippen LogP contribution < -0.4 is 32.6 Å². The summed E-state index contributed by atoms with van der Waals surface area (Å²) in [6.07, 6.45) is 7.11. The number of amidine groups is 1. The summed E-state index contributed by atoms with van der Waals surface area (Å²) < 4.78 is 6.15. The lowest BCUT2D eigenvalue weighted by Crippen LogP contribution is -2.29. The molecule has 7 N–H and O–H groups in total. The van der Waals surface area contributed by atoms with Crippen molar-refractivity contribution in [2.75, 3.05) is 30.9 Å². The van der Waals surface area contributed by atoms with Gasteiger partial charge >= 0.3 is 0 Å². The molecule has 0 unspecified atom stereocenters. The van der Waals surface area contributed by atoms with Crippen LogP contribution in [0, 0.1) is 0 Å². The van der Waals surface area contributed by atoms with Gasteiger partial charge < -0.3 is 20.9 Å². The van der Waals surface area contributed by atoms with Crippen molar-refractivity contribution in [3.63, 3.8) is 0 Å². The van der Waals surface area contributed by atoms with Gasteiger partial charge in [0.15, 0.2) is 0 Å². The van der Waals surface area contributed by atoms with Crippen LogP contribution in [-0.4, -0.2) is 47.2 Å². The van der Waals surface area contributed by atoms with Crippen molar-refractivity contribution in [3.8, 4) is 5.75 Å². The Labute approximate surface area is 283 Å². The Bertz CT molecular complexity index is 1600. The Morgan fingerprint density at radius 3 is 2.50 bits per heavy atom. The lowest BCUT2D eigenvalue weighted by Gasteiger charge is -2.11. The largest absolute Gasteiger partial charge is 0.491 e. The predicted molar refractivity (Wildman–Crippen MR) is 188 cm³/mol. The number of hydrogen-bond donors (Lipinski definition) is 5. The van der Waals surface area contributed by atoms with E-state index in [1.54, 1.807) is 30.0 Å². The summed E-state index contributed by atoms with van der Waals surface area (Å²) in [5.74, 6) is 13.2. The van der Waals surface area contributed by atoms with Crippen molar-refractivity contribution < 1.29 is 9.53 Å². The maximum atomic E-state index is 12.3. The molecule has 0 saturated carbocycles. The average Bonchev–Trinajstić information content (AvgIpc) is 3.08. The summed E-state index contributed by atoms with van der Waals surface area (Å²) in [6.45, 7) is 1.37. The highest BCUT2D eigenvalue weighted by atomic mass is 35.5. The molecule has 2 aromatic carbocycles. The molecule has 2 aromatic heterocycles. The number of anilines is 1. The van der Waals surface area contributed by atoms with Crippen LogP contribution in [0.2, 0.25) is 10.0 Å². The summed E-state index contributed by atoms with van der Waals surface area (Å²) in [5.41, 5.74) is 8.24. The number of benzene rings is 2. The zero-order valence-corrected chi connectivity index (χ0v) is 27.4. The number of carbonyl (C=O) groups is 1. The number of rotatable bonds is 16. The molecular weight excluding hydrogens is 643 g/mol. The van der Waals surface area contributed by atoms with Crippen LogP contribution in [0.4, 0.5) is 5.82 Å². The summed E-state index contributed by atoms with van der Waals surface area (Å²) in [4.78, 5) is 26.6. The number of aliphatic imine (C=N–C) groups is 1. The molecule has 2 heterocycles. The number of nitrogens with one attached hydrogen (secondary N) is 3. The van der Waals surface area contributed by atoms with E-state index in [2.05, 4.69) is 38.3 Å². The van der Waals surface area contributed by atoms with Crippen molar-refractivity contribution in [1.82, 2.24) is 20.7 Å². The van der Waals surface area contributed by atoms with E-state index in [-0.39, 0.29) is 5.91 Å². The van der Waals surface area contributed by atoms with Crippen LogP contribution in [0.15, 0.2) is 95.0 Å². The zero-order chi connectivity index (χ0) is 32.6. The first-order valence-electron chi connectivity index (χ1n) is 14.6. The third kappa shape index (κ3) is 11.0. The number of carbonyl (C=O) groups excluding carboxylic acids is 1. The molecule has 13 heteroatoms. The highest BCUT2D eigenvalue weighted by molar-refractivity contribution is 7.99.